The number of guanidine groups is 1. The van der Waals surface area contributed by atoms with E-state index in [1.165, 1.54) is 12.8 Å². The lowest BCUT2D eigenvalue weighted by molar-refractivity contribution is 0.0242. The van der Waals surface area contributed by atoms with Crippen LogP contribution >= 0.6 is 0 Å². The summed E-state index contributed by atoms with van der Waals surface area (Å²) in [5.41, 5.74) is -0.0477. The average Bonchev–Trinajstić information content (AvgIpc) is 2.93. The first-order valence-corrected chi connectivity index (χ1v) is 8.70. The highest BCUT2D eigenvalue weighted by molar-refractivity contribution is 5.79. The van der Waals surface area contributed by atoms with Crippen LogP contribution in [0.3, 0.4) is 0 Å². The molecule has 1 aliphatic heterocycles. The molecule has 1 heterocycles. The van der Waals surface area contributed by atoms with E-state index in [2.05, 4.69) is 55.4 Å². The minimum absolute atomic E-state index is 0.0477. The van der Waals surface area contributed by atoms with Crippen LogP contribution in [0.2, 0.25) is 0 Å². The molecule has 0 radical (unpaired) electrons. The second-order valence-electron chi connectivity index (χ2n) is 6.82. The Balaban J connectivity index is 2.47. The maximum atomic E-state index is 5.82. The molecule has 0 aromatic carbocycles. The Kier molecular flexibility index (Phi) is 8.18. The number of nitrogens with zero attached hydrogens (tertiary/aromatic N) is 2. The molecular weight excluding hydrogens is 276 g/mol. The van der Waals surface area contributed by atoms with Crippen molar-refractivity contribution in [3.63, 3.8) is 0 Å². The van der Waals surface area contributed by atoms with Gasteiger partial charge in [0.05, 0.1) is 5.60 Å². The van der Waals surface area contributed by atoms with Gasteiger partial charge in [0.25, 0.3) is 0 Å². The lowest BCUT2D eigenvalue weighted by Gasteiger charge is -2.32. The molecule has 1 fully saturated rings. The molecule has 0 spiro atoms. The van der Waals surface area contributed by atoms with Crippen molar-refractivity contribution in [3.8, 4) is 0 Å². The second-order valence-corrected chi connectivity index (χ2v) is 6.82. The van der Waals surface area contributed by atoms with Crippen molar-refractivity contribution in [2.75, 3.05) is 40.8 Å². The molecule has 2 unspecified atom stereocenters. The first-order valence-electron chi connectivity index (χ1n) is 8.70. The highest BCUT2D eigenvalue weighted by Gasteiger charge is 2.29. The maximum absolute atomic E-state index is 5.82. The van der Waals surface area contributed by atoms with Crippen molar-refractivity contribution in [1.82, 2.24) is 15.5 Å². The van der Waals surface area contributed by atoms with Crippen molar-refractivity contribution < 1.29 is 4.74 Å². The third-order valence-corrected chi connectivity index (χ3v) is 4.89. The summed E-state index contributed by atoms with van der Waals surface area (Å²) in [6, 6.07) is 0.520. The lowest BCUT2D eigenvalue weighted by Crippen LogP contribution is -2.50. The molecule has 0 aromatic rings. The fourth-order valence-electron chi connectivity index (χ4n) is 3.27. The van der Waals surface area contributed by atoms with Crippen molar-refractivity contribution >= 4 is 5.96 Å². The third-order valence-electron chi connectivity index (χ3n) is 4.89. The number of rotatable bonds is 8. The minimum Gasteiger partial charge on any atom is -0.373 e. The molecule has 0 aromatic heterocycles. The Bertz CT molecular complexity index is 334. The number of aliphatic imine (C=N–C) groups is 1. The van der Waals surface area contributed by atoms with Crippen LogP contribution in [0.1, 0.15) is 46.5 Å². The van der Waals surface area contributed by atoms with Crippen LogP contribution in [-0.2, 0) is 4.74 Å². The predicted octanol–water partition coefficient (Wildman–Crippen LogP) is 2.09. The summed E-state index contributed by atoms with van der Waals surface area (Å²) in [5.74, 6) is 1.57. The monoisotopic (exact) mass is 312 g/mol. The summed E-state index contributed by atoms with van der Waals surface area (Å²) in [7, 11) is 6.15. The van der Waals surface area contributed by atoms with Gasteiger partial charge in [-0.1, -0.05) is 26.7 Å². The first-order chi connectivity index (χ1) is 10.5. The van der Waals surface area contributed by atoms with Crippen molar-refractivity contribution in [1.29, 1.82) is 0 Å². The molecule has 0 saturated carbocycles. The molecule has 0 amide bonds. The summed E-state index contributed by atoms with van der Waals surface area (Å²) in [6.45, 7) is 9.32. The summed E-state index contributed by atoms with van der Waals surface area (Å²) in [4.78, 5) is 6.66. The molecule has 0 bridgehead atoms. The van der Waals surface area contributed by atoms with Crippen LogP contribution < -0.4 is 10.6 Å². The van der Waals surface area contributed by atoms with Gasteiger partial charge in [-0.25, -0.2) is 0 Å². The molecule has 1 aliphatic rings. The molecular formula is C17H36N4O. The van der Waals surface area contributed by atoms with Crippen LogP contribution in [0, 0.1) is 5.92 Å². The van der Waals surface area contributed by atoms with Gasteiger partial charge in [0.2, 0.25) is 0 Å². The zero-order chi connectivity index (χ0) is 16.6. The van der Waals surface area contributed by atoms with Gasteiger partial charge in [0.1, 0.15) is 0 Å². The van der Waals surface area contributed by atoms with Gasteiger partial charge < -0.3 is 20.3 Å². The van der Waals surface area contributed by atoms with E-state index in [0.29, 0.717) is 12.0 Å². The standard InChI is InChI=1S/C17H36N4O/c1-7-14(8-2)15(21(5)6)12-19-16(18-4)20-13-17(3)10-9-11-22-17/h14-15H,7-13H2,1-6H3,(H2,18,19,20). The van der Waals surface area contributed by atoms with Crippen molar-refractivity contribution in [2.24, 2.45) is 10.9 Å². The van der Waals surface area contributed by atoms with Gasteiger partial charge in [-0.05, 0) is 39.8 Å². The molecule has 22 heavy (non-hydrogen) atoms. The fourth-order valence-corrected chi connectivity index (χ4v) is 3.27. The molecule has 0 aliphatic carbocycles. The molecule has 130 valence electrons. The van der Waals surface area contributed by atoms with Crippen molar-refractivity contribution in [2.45, 2.75) is 58.1 Å². The summed E-state index contributed by atoms with van der Waals surface area (Å²) >= 11 is 0. The van der Waals surface area contributed by atoms with Crippen molar-refractivity contribution in [3.05, 3.63) is 0 Å². The summed E-state index contributed by atoms with van der Waals surface area (Å²) in [5, 5.41) is 6.90. The minimum atomic E-state index is -0.0477. The molecule has 1 rings (SSSR count). The van der Waals surface area contributed by atoms with Gasteiger partial charge in [-0.2, -0.15) is 0 Å². The van der Waals surface area contributed by atoms with E-state index < -0.39 is 0 Å². The molecule has 5 nitrogen and oxygen atoms in total. The quantitative estimate of drug-likeness (QED) is 0.532. The van der Waals surface area contributed by atoms with Crippen LogP contribution in [0.4, 0.5) is 0 Å². The molecule has 2 atom stereocenters. The highest BCUT2D eigenvalue weighted by Crippen LogP contribution is 2.23. The Labute approximate surface area is 136 Å². The van der Waals surface area contributed by atoms with E-state index in [1.54, 1.807) is 0 Å². The second kappa shape index (κ2) is 9.36. The van der Waals surface area contributed by atoms with E-state index in [-0.39, 0.29) is 5.60 Å². The fraction of sp³-hybridized carbons (Fsp3) is 0.941. The Hall–Kier alpha value is -0.810. The maximum Gasteiger partial charge on any atom is 0.191 e. The zero-order valence-electron chi connectivity index (χ0n) is 15.4. The van der Waals surface area contributed by atoms with E-state index in [1.807, 2.05) is 7.05 Å². The molecule has 2 N–H and O–H groups in total. The van der Waals surface area contributed by atoms with Crippen LogP contribution in [0.5, 0.6) is 0 Å². The van der Waals surface area contributed by atoms with E-state index in [4.69, 9.17) is 4.74 Å². The number of ether oxygens (including phenoxy) is 1. The number of hydrogen-bond acceptors (Lipinski definition) is 3. The van der Waals surface area contributed by atoms with Crippen LogP contribution in [-0.4, -0.2) is 63.3 Å². The largest absolute Gasteiger partial charge is 0.373 e. The topological polar surface area (TPSA) is 48.9 Å². The molecule has 1 saturated heterocycles. The molecule has 5 heteroatoms. The normalized spacial score (nSPS) is 24.1. The number of hydrogen-bond donors (Lipinski definition) is 2. The SMILES string of the molecule is CCC(CC)C(CNC(=NC)NCC1(C)CCCO1)N(C)C. The lowest BCUT2D eigenvalue weighted by atomic mass is 9.93. The Morgan fingerprint density at radius 3 is 2.41 bits per heavy atom. The van der Waals surface area contributed by atoms with Gasteiger partial charge in [-0.3, -0.25) is 4.99 Å². The Morgan fingerprint density at radius 1 is 1.27 bits per heavy atom. The summed E-state index contributed by atoms with van der Waals surface area (Å²) in [6.07, 6.45) is 4.69. The van der Waals surface area contributed by atoms with E-state index in [9.17, 15) is 0 Å². The third kappa shape index (κ3) is 5.76. The van der Waals surface area contributed by atoms with E-state index in [0.717, 1.165) is 38.5 Å². The predicted molar refractivity (Wildman–Crippen MR) is 94.5 cm³/mol. The van der Waals surface area contributed by atoms with Gasteiger partial charge >= 0.3 is 0 Å². The smallest absolute Gasteiger partial charge is 0.191 e. The highest BCUT2D eigenvalue weighted by atomic mass is 16.5. The Morgan fingerprint density at radius 2 is 1.95 bits per heavy atom. The van der Waals surface area contributed by atoms with Gasteiger partial charge in [0.15, 0.2) is 5.96 Å². The zero-order valence-corrected chi connectivity index (χ0v) is 15.4. The average molecular weight is 313 g/mol. The van der Waals surface area contributed by atoms with Gasteiger partial charge in [-0.15, -0.1) is 0 Å². The number of nitrogens with one attached hydrogen (secondary N) is 2. The van der Waals surface area contributed by atoms with Gasteiger partial charge in [0, 0.05) is 32.8 Å². The van der Waals surface area contributed by atoms with E-state index >= 15 is 0 Å². The summed E-state index contributed by atoms with van der Waals surface area (Å²) < 4.78 is 5.82. The van der Waals surface area contributed by atoms with Crippen LogP contribution in [0.15, 0.2) is 4.99 Å². The number of likely N-dealkylation sites (N-methyl/N-ethyl adjacent to an activating group) is 1. The first kappa shape index (κ1) is 19.2. The van der Waals surface area contributed by atoms with Crippen LogP contribution in [0.25, 0.3) is 0 Å².